The lowest BCUT2D eigenvalue weighted by Crippen LogP contribution is -2.03. The second-order valence-corrected chi connectivity index (χ2v) is 27.6. The van der Waals surface area contributed by atoms with Crippen molar-refractivity contribution >= 4 is 196 Å². The van der Waals surface area contributed by atoms with Gasteiger partial charge in [0, 0.05) is 86.5 Å². The molecule has 0 N–H and O–H groups in total. The van der Waals surface area contributed by atoms with E-state index < -0.39 is 0 Å². The van der Waals surface area contributed by atoms with Gasteiger partial charge in [0.15, 0.2) is 11.2 Å². The van der Waals surface area contributed by atoms with Crippen molar-refractivity contribution in [3.05, 3.63) is 291 Å². The summed E-state index contributed by atoms with van der Waals surface area (Å²) in [4.78, 5) is 22.6. The Hall–Kier alpha value is -14.0. The van der Waals surface area contributed by atoms with Crippen molar-refractivity contribution < 1.29 is 8.83 Å². The Balaban J connectivity index is 0.718. The molecule has 10 aromatic heterocycles. The fourth-order valence-corrected chi connectivity index (χ4v) is 18.0. The first-order valence-electron chi connectivity index (χ1n) is 34.7. The van der Waals surface area contributed by atoms with Crippen LogP contribution in [0.25, 0.3) is 242 Å². The maximum Gasteiger partial charge on any atom is 0.236 e. The van der Waals surface area contributed by atoms with Crippen LogP contribution >= 0.6 is 0 Å². The highest BCUT2D eigenvalue weighted by Crippen LogP contribution is 2.51. The number of furan rings is 2. The first-order valence-corrected chi connectivity index (χ1v) is 34.7. The van der Waals surface area contributed by atoms with Crippen LogP contribution in [0.3, 0.4) is 0 Å². The molecule has 0 atom stereocenters. The fourth-order valence-electron chi connectivity index (χ4n) is 18.0. The van der Waals surface area contributed by atoms with Crippen molar-refractivity contribution in [3.63, 3.8) is 0 Å². The third kappa shape index (κ3) is 6.82. The summed E-state index contributed by atoms with van der Waals surface area (Å²) in [7, 11) is 0. The molecule has 0 spiro atoms. The molecule has 0 aliphatic carbocycles. The monoisotopic (exact) mass is 1300 g/mol. The number of hydrogen-bond acceptors (Lipinski definition) is 6. The molecule has 0 fully saturated rings. The Morgan fingerprint density at radius 1 is 0.225 bits per heavy atom. The van der Waals surface area contributed by atoms with Crippen molar-refractivity contribution in [1.29, 1.82) is 0 Å². The number of fused-ring (bicyclic) bond motifs is 29. The Bertz CT molecular complexity index is 8080. The van der Waals surface area contributed by atoms with E-state index in [1.54, 1.807) is 0 Å². The summed E-state index contributed by atoms with van der Waals surface area (Å²) in [6.07, 6.45) is 0. The fraction of sp³-hybridized carbons (Fsp3) is 0. The topological polar surface area (TPSA) is 96.5 Å². The highest BCUT2D eigenvalue weighted by molar-refractivity contribution is 6.38. The lowest BCUT2D eigenvalue weighted by molar-refractivity contribution is 0.666. The maximum absolute atomic E-state index is 6.91. The molecule has 0 radical (unpaired) electrons. The molecule has 10 heteroatoms. The van der Waals surface area contributed by atoms with E-state index in [-0.39, 0.29) is 0 Å². The van der Waals surface area contributed by atoms with Crippen LogP contribution in [0, 0.1) is 0 Å². The number of aromatic nitrogens is 8. The highest BCUT2D eigenvalue weighted by Gasteiger charge is 2.30. The standard InChI is InChI=1S/C92H48N8O2/c1-2-18-52-41-58(38-35-49(52)17-1)84-90-86(63-27-11-16-32-78(63)102-90)96-92(94-84)100-74-46-56-22-6-4-20-54(56)43-68(74)80-76(100)48-65-60-24-8-13-29-70(60)98-72-40-39-57(44-66(72)82(80)88(65)98)50-33-36-51(37-34-50)83-89-85(62-26-10-15-31-77(62)101-89)95-91(93-83)99-73-45-55-21-5-3-19-53(55)42-67(73)79-75(99)47-64-59-23-7-12-28-69(59)97-71-30-14-9-25-61(71)81(79)87(64)97/h1-48H. The molecule has 25 aromatic rings. The summed E-state index contributed by atoms with van der Waals surface area (Å²) in [6, 6.07) is 105. The van der Waals surface area contributed by atoms with E-state index in [0.29, 0.717) is 28.8 Å². The van der Waals surface area contributed by atoms with Crippen molar-refractivity contribution in [2.75, 3.05) is 0 Å². The zero-order valence-corrected chi connectivity index (χ0v) is 54.1. The van der Waals surface area contributed by atoms with Gasteiger partial charge in [0.2, 0.25) is 11.9 Å². The quantitative estimate of drug-likeness (QED) is 0.170. The van der Waals surface area contributed by atoms with E-state index in [0.717, 1.165) is 148 Å². The van der Waals surface area contributed by atoms with E-state index >= 15 is 0 Å². The third-order valence-electron chi connectivity index (χ3n) is 22.4. The van der Waals surface area contributed by atoms with Crippen molar-refractivity contribution in [2.24, 2.45) is 0 Å². The second-order valence-electron chi connectivity index (χ2n) is 27.6. The third-order valence-corrected chi connectivity index (χ3v) is 22.4. The first kappa shape index (κ1) is 53.1. The zero-order chi connectivity index (χ0) is 65.9. The van der Waals surface area contributed by atoms with Gasteiger partial charge >= 0.3 is 0 Å². The molecule has 25 rings (SSSR count). The van der Waals surface area contributed by atoms with Crippen LogP contribution in [0.2, 0.25) is 0 Å². The first-order chi connectivity index (χ1) is 50.6. The van der Waals surface area contributed by atoms with Crippen LogP contribution in [-0.2, 0) is 0 Å². The average molecular weight is 1300 g/mol. The van der Waals surface area contributed by atoms with E-state index in [2.05, 4.69) is 285 Å². The smallest absolute Gasteiger partial charge is 0.236 e. The normalized spacial score (nSPS) is 12.7. The van der Waals surface area contributed by atoms with Crippen molar-refractivity contribution in [2.45, 2.75) is 0 Å². The molecule has 0 aliphatic rings. The van der Waals surface area contributed by atoms with E-state index in [9.17, 15) is 0 Å². The van der Waals surface area contributed by atoms with Gasteiger partial charge < -0.3 is 17.6 Å². The van der Waals surface area contributed by atoms with Crippen molar-refractivity contribution in [1.82, 2.24) is 37.9 Å². The van der Waals surface area contributed by atoms with Crippen LogP contribution in [-0.4, -0.2) is 37.9 Å². The molecule has 0 saturated heterocycles. The summed E-state index contributed by atoms with van der Waals surface area (Å²) in [5, 5.41) is 22.9. The van der Waals surface area contributed by atoms with Gasteiger partial charge in [0.25, 0.3) is 0 Å². The van der Waals surface area contributed by atoms with Crippen LogP contribution in [0.1, 0.15) is 0 Å². The molecule has 0 aliphatic heterocycles. The molecule has 468 valence electrons. The van der Waals surface area contributed by atoms with E-state index in [4.69, 9.17) is 28.8 Å². The predicted molar refractivity (Wildman–Crippen MR) is 419 cm³/mol. The van der Waals surface area contributed by atoms with Gasteiger partial charge in [-0.2, -0.15) is 0 Å². The lowest BCUT2D eigenvalue weighted by atomic mass is 9.97. The van der Waals surface area contributed by atoms with Gasteiger partial charge in [-0.25, -0.2) is 19.9 Å². The van der Waals surface area contributed by atoms with Gasteiger partial charge in [-0.15, -0.1) is 0 Å². The van der Waals surface area contributed by atoms with E-state index in [1.807, 2.05) is 24.3 Å². The Morgan fingerprint density at radius 2 is 0.618 bits per heavy atom. The summed E-state index contributed by atoms with van der Waals surface area (Å²) in [5.74, 6) is 1.14. The molecule has 15 aromatic carbocycles. The summed E-state index contributed by atoms with van der Waals surface area (Å²) in [5.41, 5.74) is 21.0. The maximum atomic E-state index is 6.91. The largest absolute Gasteiger partial charge is 0.452 e. The minimum atomic E-state index is 0.570. The molecule has 10 heterocycles. The molecular weight excluding hydrogens is 1250 g/mol. The van der Waals surface area contributed by atoms with Crippen LogP contribution in [0.5, 0.6) is 0 Å². The molecule has 0 amide bonds. The van der Waals surface area contributed by atoms with Crippen molar-refractivity contribution in [3.8, 4) is 45.5 Å². The number of benzene rings is 15. The average Bonchev–Trinajstić information content (AvgIpc) is 1.52. The number of hydrogen-bond donors (Lipinski definition) is 0. The highest BCUT2D eigenvalue weighted by atomic mass is 16.3. The molecular formula is C92H48N8O2. The number of rotatable bonds is 5. The molecule has 102 heavy (non-hydrogen) atoms. The Labute approximate surface area is 576 Å². The van der Waals surface area contributed by atoms with Gasteiger partial charge in [-0.05, 0) is 141 Å². The molecule has 0 saturated carbocycles. The summed E-state index contributed by atoms with van der Waals surface area (Å²) >= 11 is 0. The second kappa shape index (κ2) is 19.0. The molecule has 10 nitrogen and oxygen atoms in total. The lowest BCUT2D eigenvalue weighted by Gasteiger charge is -2.11. The van der Waals surface area contributed by atoms with Crippen LogP contribution in [0.4, 0.5) is 0 Å². The number of para-hydroxylation sites is 5. The predicted octanol–water partition coefficient (Wildman–Crippen LogP) is 24.0. The minimum Gasteiger partial charge on any atom is -0.452 e. The summed E-state index contributed by atoms with van der Waals surface area (Å²) in [6.45, 7) is 0. The SMILES string of the molecule is c1ccc2cc(-c3nc(-n4c5cc6ccccc6cc5c5c6c7cc(-c8ccc(-c9nc(-n%10c%11cc%12ccccc%12cc%11c%11c%12c%13ccccc%13n%13c%14ccccc%14c(cc%11%10)c%12%13)nc%10c9oc9ccccc9%10)cc8)ccc7n7c8ccccc8c(cc54)c67)nc4c3oc3ccccc34)ccc2c1. The van der Waals surface area contributed by atoms with Gasteiger partial charge in [-0.1, -0.05) is 194 Å². The van der Waals surface area contributed by atoms with Gasteiger partial charge in [0.1, 0.15) is 33.6 Å². The Kier molecular flexibility index (Phi) is 9.91. The zero-order valence-electron chi connectivity index (χ0n) is 54.1. The molecule has 0 unspecified atom stereocenters. The number of nitrogens with zero attached hydrogens (tertiary/aromatic N) is 8. The van der Waals surface area contributed by atoms with Gasteiger partial charge in [0.05, 0.1) is 55.2 Å². The Morgan fingerprint density at radius 3 is 1.17 bits per heavy atom. The molecule has 0 bridgehead atoms. The summed E-state index contributed by atoms with van der Waals surface area (Å²) < 4.78 is 23.3. The minimum absolute atomic E-state index is 0.570. The van der Waals surface area contributed by atoms with E-state index in [1.165, 1.54) is 65.2 Å². The van der Waals surface area contributed by atoms with Crippen LogP contribution < -0.4 is 0 Å². The van der Waals surface area contributed by atoms with Crippen LogP contribution in [0.15, 0.2) is 300 Å². The van der Waals surface area contributed by atoms with Gasteiger partial charge in [-0.3, -0.25) is 9.13 Å².